The van der Waals surface area contributed by atoms with Crippen LogP contribution in [0.3, 0.4) is 0 Å². The molecule has 2 aromatic rings. The van der Waals surface area contributed by atoms with Crippen molar-refractivity contribution in [2.24, 2.45) is 5.73 Å². The van der Waals surface area contributed by atoms with Gasteiger partial charge in [-0.2, -0.15) is 10.1 Å². The van der Waals surface area contributed by atoms with Crippen LogP contribution in [-0.2, 0) is 5.54 Å². The number of rotatable bonds is 8. The quantitative estimate of drug-likeness (QED) is 0.330. The molecule has 0 aliphatic rings. The Bertz CT molecular complexity index is 703. The van der Waals surface area contributed by atoms with Crippen LogP contribution in [0.1, 0.15) is 45.4 Å². The number of aromatic nitrogens is 4. The molecule has 0 radical (unpaired) electrons. The normalized spacial score (nSPS) is 12.7. The second-order valence-corrected chi connectivity index (χ2v) is 6.77. The highest BCUT2D eigenvalue weighted by Crippen LogP contribution is 2.22. The summed E-state index contributed by atoms with van der Waals surface area (Å²) in [5, 5.41) is 20.3. The number of aliphatic hydroxyl groups excluding tert-OH is 1. The number of aliphatic hydroxyl groups is 1. The van der Waals surface area contributed by atoms with E-state index in [-0.39, 0.29) is 5.54 Å². The summed E-state index contributed by atoms with van der Waals surface area (Å²) in [6, 6.07) is 0. The van der Waals surface area contributed by atoms with Gasteiger partial charge in [-0.1, -0.05) is 6.08 Å². The van der Waals surface area contributed by atoms with Gasteiger partial charge < -0.3 is 21.5 Å². The highest BCUT2D eigenvalue weighted by atomic mass is 16.3. The lowest BCUT2D eigenvalue weighted by atomic mass is 10.1. The minimum Gasteiger partial charge on any atom is -0.374 e. The lowest BCUT2D eigenvalue weighted by molar-refractivity contribution is 0.186. The third-order valence-corrected chi connectivity index (χ3v) is 3.54. The molecule has 1 unspecified atom stereocenters. The van der Waals surface area contributed by atoms with Crippen LogP contribution in [-0.4, -0.2) is 31.4 Å². The van der Waals surface area contributed by atoms with Gasteiger partial charge in [-0.3, -0.25) is 4.68 Å². The number of hydrogen-bond acceptors (Lipinski definition) is 7. The molecular weight excluding hydrogens is 318 g/mol. The van der Waals surface area contributed by atoms with Crippen molar-refractivity contribution < 1.29 is 5.11 Å². The van der Waals surface area contributed by atoms with Gasteiger partial charge in [0.1, 0.15) is 12.0 Å². The predicted molar refractivity (Wildman–Crippen MR) is 99.6 cm³/mol. The van der Waals surface area contributed by atoms with Gasteiger partial charge >= 0.3 is 0 Å². The molecular formula is C17H27N7O. The van der Waals surface area contributed by atoms with Crippen molar-refractivity contribution >= 4 is 17.5 Å². The molecule has 2 rings (SSSR count). The van der Waals surface area contributed by atoms with Gasteiger partial charge in [-0.25, -0.2) is 4.98 Å². The van der Waals surface area contributed by atoms with E-state index < -0.39 is 6.23 Å². The van der Waals surface area contributed by atoms with Crippen LogP contribution in [0.15, 0.2) is 31.2 Å². The van der Waals surface area contributed by atoms with Crippen LogP contribution in [0, 0.1) is 0 Å². The topological polar surface area (TPSA) is 114 Å². The maximum atomic E-state index is 9.69. The molecule has 0 aliphatic heterocycles. The van der Waals surface area contributed by atoms with Gasteiger partial charge in [-0.05, 0) is 33.6 Å². The van der Waals surface area contributed by atoms with Crippen molar-refractivity contribution in [1.82, 2.24) is 19.7 Å². The highest BCUT2D eigenvalue weighted by Gasteiger charge is 2.15. The zero-order valence-electron chi connectivity index (χ0n) is 15.0. The molecule has 0 saturated heterocycles. The Morgan fingerprint density at radius 3 is 2.76 bits per heavy atom. The molecule has 136 valence electrons. The van der Waals surface area contributed by atoms with Gasteiger partial charge in [0.25, 0.3) is 0 Å². The molecule has 2 heterocycles. The van der Waals surface area contributed by atoms with Gasteiger partial charge in [0.15, 0.2) is 0 Å². The van der Waals surface area contributed by atoms with Crippen LogP contribution in [0.5, 0.6) is 0 Å². The third kappa shape index (κ3) is 5.27. The maximum Gasteiger partial charge on any atom is 0.229 e. The fourth-order valence-electron chi connectivity index (χ4n) is 2.15. The number of allylic oxidation sites excluding steroid dienone is 1. The zero-order valence-corrected chi connectivity index (χ0v) is 15.0. The van der Waals surface area contributed by atoms with Crippen molar-refractivity contribution in [2.75, 3.05) is 17.2 Å². The Hall–Kier alpha value is -2.45. The first-order chi connectivity index (χ1) is 11.8. The molecule has 8 heteroatoms. The minimum absolute atomic E-state index is 0.105. The molecule has 0 saturated carbocycles. The van der Waals surface area contributed by atoms with Crippen LogP contribution in [0.2, 0.25) is 0 Å². The predicted octanol–water partition coefficient (Wildman–Crippen LogP) is 2.50. The van der Waals surface area contributed by atoms with Crippen molar-refractivity contribution in [3.8, 4) is 0 Å². The Kier molecular flexibility index (Phi) is 6.11. The van der Waals surface area contributed by atoms with Gasteiger partial charge in [0.2, 0.25) is 5.95 Å². The molecule has 0 spiro atoms. The zero-order chi connectivity index (χ0) is 18.4. The number of anilines is 3. The highest BCUT2D eigenvalue weighted by molar-refractivity contribution is 5.55. The van der Waals surface area contributed by atoms with Crippen molar-refractivity contribution in [3.63, 3.8) is 0 Å². The maximum absolute atomic E-state index is 9.69. The van der Waals surface area contributed by atoms with E-state index >= 15 is 0 Å². The number of nitrogens with one attached hydrogen (secondary N) is 2. The molecule has 0 amide bonds. The van der Waals surface area contributed by atoms with Gasteiger partial charge in [0, 0.05) is 18.9 Å². The Morgan fingerprint density at radius 1 is 1.40 bits per heavy atom. The molecule has 2 aromatic heterocycles. The third-order valence-electron chi connectivity index (χ3n) is 3.54. The summed E-state index contributed by atoms with van der Waals surface area (Å²) in [5.41, 5.74) is 6.72. The lowest BCUT2D eigenvalue weighted by Crippen LogP contribution is -2.21. The molecule has 5 N–H and O–H groups in total. The first kappa shape index (κ1) is 18.9. The smallest absolute Gasteiger partial charge is 0.229 e. The molecule has 0 fully saturated rings. The largest absolute Gasteiger partial charge is 0.374 e. The first-order valence-corrected chi connectivity index (χ1v) is 8.29. The average Bonchev–Trinajstić information content (AvgIpc) is 3.00. The van der Waals surface area contributed by atoms with E-state index in [1.54, 1.807) is 6.20 Å². The van der Waals surface area contributed by atoms with Gasteiger partial charge in [0.05, 0.1) is 23.0 Å². The van der Waals surface area contributed by atoms with E-state index in [1.807, 2.05) is 17.0 Å². The summed E-state index contributed by atoms with van der Waals surface area (Å²) in [6.45, 7) is 10.6. The molecule has 25 heavy (non-hydrogen) atoms. The Labute approximate surface area is 148 Å². The molecule has 1 atom stereocenters. The van der Waals surface area contributed by atoms with E-state index in [1.165, 1.54) is 6.20 Å². The SMILES string of the molecule is C=CCCCNc1nc(Nc2cnn(C(C)(C)C)c2)ncc1C(N)O. The second-order valence-electron chi connectivity index (χ2n) is 6.77. The van der Waals surface area contributed by atoms with Gasteiger partial charge in [-0.15, -0.1) is 6.58 Å². The summed E-state index contributed by atoms with van der Waals surface area (Å²) in [7, 11) is 0. The summed E-state index contributed by atoms with van der Waals surface area (Å²) >= 11 is 0. The van der Waals surface area contributed by atoms with E-state index in [0.29, 0.717) is 23.9 Å². The lowest BCUT2D eigenvalue weighted by Gasteiger charge is -2.18. The summed E-state index contributed by atoms with van der Waals surface area (Å²) in [4.78, 5) is 8.64. The van der Waals surface area contributed by atoms with Crippen molar-refractivity contribution in [3.05, 3.63) is 36.8 Å². The van der Waals surface area contributed by atoms with Crippen molar-refractivity contribution in [1.29, 1.82) is 0 Å². The summed E-state index contributed by atoms with van der Waals surface area (Å²) in [6.07, 6.45) is 7.66. The Balaban J connectivity index is 2.15. The van der Waals surface area contributed by atoms with Crippen LogP contribution >= 0.6 is 0 Å². The summed E-state index contributed by atoms with van der Waals surface area (Å²) < 4.78 is 1.86. The fraction of sp³-hybridized carbons (Fsp3) is 0.471. The van der Waals surface area contributed by atoms with Crippen LogP contribution < -0.4 is 16.4 Å². The molecule has 0 bridgehead atoms. The average molecular weight is 345 g/mol. The molecule has 8 nitrogen and oxygen atoms in total. The number of nitrogens with two attached hydrogens (primary N) is 1. The van der Waals surface area contributed by atoms with E-state index in [0.717, 1.165) is 18.5 Å². The first-order valence-electron chi connectivity index (χ1n) is 8.29. The van der Waals surface area contributed by atoms with E-state index in [9.17, 15) is 5.11 Å². The summed E-state index contributed by atoms with van der Waals surface area (Å²) in [5.74, 6) is 0.920. The standard InChI is InChI=1S/C17H27N7O/c1-5-6-7-8-19-15-13(14(18)25)10-20-16(23-15)22-12-9-21-24(11-12)17(2,3)4/h5,9-11,14,25H,1,6-8,18H2,2-4H3,(H2,19,20,22,23). The fourth-order valence-corrected chi connectivity index (χ4v) is 2.15. The molecule has 0 aromatic carbocycles. The molecule has 0 aliphatic carbocycles. The number of nitrogens with zero attached hydrogens (tertiary/aromatic N) is 4. The van der Waals surface area contributed by atoms with Crippen LogP contribution in [0.4, 0.5) is 17.5 Å². The number of unbranched alkanes of at least 4 members (excludes halogenated alkanes) is 1. The van der Waals surface area contributed by atoms with Crippen molar-refractivity contribution in [2.45, 2.75) is 45.4 Å². The minimum atomic E-state index is -1.14. The Morgan fingerprint density at radius 2 is 2.16 bits per heavy atom. The van der Waals surface area contributed by atoms with E-state index in [2.05, 4.69) is 53.1 Å². The monoisotopic (exact) mass is 345 g/mol. The van der Waals surface area contributed by atoms with E-state index in [4.69, 9.17) is 5.73 Å². The van der Waals surface area contributed by atoms with Crippen LogP contribution in [0.25, 0.3) is 0 Å². The number of hydrogen-bond donors (Lipinski definition) is 4. The second kappa shape index (κ2) is 8.09.